The second-order valence-electron chi connectivity index (χ2n) is 9.83. The normalized spacial score (nSPS) is 14.7. The third-order valence-corrected chi connectivity index (χ3v) is 11.8. The molecule has 194 valence electrons. The van der Waals surface area contributed by atoms with Crippen molar-refractivity contribution in [3.63, 3.8) is 0 Å². The molecule has 0 bridgehead atoms. The minimum atomic E-state index is -2.64. The van der Waals surface area contributed by atoms with Crippen LogP contribution in [0.25, 0.3) is 0 Å². The van der Waals surface area contributed by atoms with Crippen LogP contribution < -0.4 is 40.4 Å². The van der Waals surface area contributed by atoms with E-state index in [1.807, 2.05) is 0 Å². The van der Waals surface area contributed by atoms with Gasteiger partial charge in [0, 0.05) is 18.4 Å². The summed E-state index contributed by atoms with van der Waals surface area (Å²) in [5.41, 5.74) is 0.146. The monoisotopic (exact) mass is 634 g/mol. The van der Waals surface area contributed by atoms with Crippen molar-refractivity contribution in [2.45, 2.75) is 19.8 Å². The molecule has 5 rings (SSSR count). The van der Waals surface area contributed by atoms with E-state index in [0.29, 0.717) is 11.8 Å². The van der Waals surface area contributed by atoms with Crippen molar-refractivity contribution < 1.29 is 55.4 Å². The molecule has 0 heterocycles. The molecule has 5 heteroatoms. The fourth-order valence-electron chi connectivity index (χ4n) is 5.75. The first-order valence-electron chi connectivity index (χ1n) is 12.7. The molecular weight excluding hydrogens is 603 g/mol. The van der Waals surface area contributed by atoms with Crippen molar-refractivity contribution in [1.82, 2.24) is 0 Å². The predicted octanol–water partition coefficient (Wildman–Crippen LogP) is -0.0535. The third kappa shape index (κ3) is 6.69. The standard InChI is InChI=1S/C33H34OSi.2ClH.Zr/c1-33(28-16-11-12-17-28,29-18-13-14-19-29)26-15-27-34-35(30-20-5-2-6-21-30,31-22-7-3-8-23-31)32-24-9-4-10-25-32;;;/h2-14,16-25,28-29H,15,26-27H2,1H3;2*1H;/q;;;+2/p-2. The zero-order valence-corrected chi connectivity index (χ0v) is 26.7. The van der Waals surface area contributed by atoms with E-state index in [0.717, 1.165) is 19.4 Å². The van der Waals surface area contributed by atoms with Gasteiger partial charge in [-0.25, -0.2) is 0 Å². The van der Waals surface area contributed by atoms with Gasteiger partial charge in [-0.2, -0.15) is 0 Å². The average molecular weight is 637 g/mol. The SMILES string of the molecule is CC(CCCO[Si](c1ccccc1)(c1ccccc1)c1ccccc1)(C1C=CC=C1)C1C=CC=C1.[Cl-].[Cl-].[Zr+2]. The Bertz CT molecular complexity index is 1080. The summed E-state index contributed by atoms with van der Waals surface area (Å²) in [5, 5.41) is 3.88. The van der Waals surface area contributed by atoms with E-state index < -0.39 is 8.32 Å². The van der Waals surface area contributed by atoms with Gasteiger partial charge in [0.25, 0.3) is 8.32 Å². The van der Waals surface area contributed by atoms with E-state index in [1.54, 1.807) is 0 Å². The van der Waals surface area contributed by atoms with E-state index in [2.05, 4.69) is 147 Å². The maximum absolute atomic E-state index is 7.18. The van der Waals surface area contributed by atoms with Crippen LogP contribution in [0.3, 0.4) is 0 Å². The largest absolute Gasteiger partial charge is 2.00 e. The Hall–Kier alpha value is -1.74. The fourth-order valence-corrected chi connectivity index (χ4v) is 9.68. The van der Waals surface area contributed by atoms with Crippen molar-refractivity contribution >= 4 is 23.9 Å². The summed E-state index contributed by atoms with van der Waals surface area (Å²) in [7, 11) is -2.64. The van der Waals surface area contributed by atoms with Gasteiger partial charge in [0.1, 0.15) is 0 Å². The van der Waals surface area contributed by atoms with Crippen LogP contribution >= 0.6 is 0 Å². The molecule has 3 aromatic rings. The van der Waals surface area contributed by atoms with Crippen LogP contribution in [0.2, 0.25) is 0 Å². The molecule has 0 fully saturated rings. The molecule has 0 saturated carbocycles. The van der Waals surface area contributed by atoms with E-state index in [9.17, 15) is 0 Å². The zero-order chi connectivity index (χ0) is 24.0. The molecule has 0 spiro atoms. The molecule has 0 N–H and O–H groups in total. The van der Waals surface area contributed by atoms with Gasteiger partial charge in [0.2, 0.25) is 0 Å². The summed E-state index contributed by atoms with van der Waals surface area (Å²) >= 11 is 0. The van der Waals surface area contributed by atoms with Crippen molar-refractivity contribution in [1.29, 1.82) is 0 Å². The first-order chi connectivity index (χ1) is 17.2. The van der Waals surface area contributed by atoms with Crippen LogP contribution in [-0.2, 0) is 30.6 Å². The molecular formula is C33H34Cl2OSiZr. The van der Waals surface area contributed by atoms with Gasteiger partial charge in [0.15, 0.2) is 0 Å². The van der Waals surface area contributed by atoms with Gasteiger partial charge in [-0.1, -0.05) is 147 Å². The molecule has 1 nitrogen and oxygen atoms in total. The van der Waals surface area contributed by atoms with Crippen molar-refractivity contribution in [3.05, 3.63) is 140 Å². The number of benzene rings is 3. The van der Waals surface area contributed by atoms with Gasteiger partial charge in [-0.05, 0) is 33.8 Å². The number of hydrogen-bond donors (Lipinski definition) is 0. The van der Waals surface area contributed by atoms with Crippen molar-refractivity contribution in [2.24, 2.45) is 17.3 Å². The third-order valence-electron chi connectivity index (χ3n) is 7.74. The van der Waals surface area contributed by atoms with Crippen LogP contribution in [0.4, 0.5) is 0 Å². The first kappa shape index (κ1) is 32.5. The van der Waals surface area contributed by atoms with Gasteiger partial charge in [0.05, 0.1) is 0 Å². The molecule has 0 unspecified atom stereocenters. The summed E-state index contributed by atoms with van der Waals surface area (Å²) in [6.45, 7) is 3.18. The smallest absolute Gasteiger partial charge is 1.00 e. The number of allylic oxidation sites excluding steroid dienone is 8. The maximum Gasteiger partial charge on any atom is 2.00 e. The van der Waals surface area contributed by atoms with Gasteiger partial charge >= 0.3 is 26.2 Å². The van der Waals surface area contributed by atoms with E-state index >= 15 is 0 Å². The molecule has 0 atom stereocenters. The molecule has 0 radical (unpaired) electrons. The average Bonchev–Trinajstić information content (AvgIpc) is 3.66. The van der Waals surface area contributed by atoms with E-state index in [1.165, 1.54) is 15.6 Å². The summed E-state index contributed by atoms with van der Waals surface area (Å²) in [5.74, 6) is 0.915. The Balaban J connectivity index is 0.00000169. The Labute approximate surface area is 260 Å². The van der Waals surface area contributed by atoms with Crippen molar-refractivity contribution in [3.8, 4) is 0 Å². The molecule has 38 heavy (non-hydrogen) atoms. The Morgan fingerprint density at radius 2 is 0.947 bits per heavy atom. The predicted molar refractivity (Wildman–Crippen MR) is 151 cm³/mol. The fraction of sp³-hybridized carbons (Fsp3) is 0.212. The number of rotatable bonds is 10. The molecule has 2 aliphatic carbocycles. The minimum absolute atomic E-state index is 0. The topological polar surface area (TPSA) is 9.23 Å². The summed E-state index contributed by atoms with van der Waals surface area (Å²) < 4.78 is 7.18. The van der Waals surface area contributed by atoms with Crippen LogP contribution in [-0.4, -0.2) is 14.9 Å². The number of hydrogen-bond acceptors (Lipinski definition) is 1. The van der Waals surface area contributed by atoms with Crippen LogP contribution in [0, 0.1) is 17.3 Å². The molecule has 2 aliphatic rings. The minimum Gasteiger partial charge on any atom is -1.00 e. The molecule has 0 aliphatic heterocycles. The van der Waals surface area contributed by atoms with Gasteiger partial charge in [-0.15, -0.1) is 0 Å². The molecule has 0 amide bonds. The second-order valence-corrected chi connectivity index (χ2v) is 13.2. The zero-order valence-electron chi connectivity index (χ0n) is 21.7. The molecule has 0 saturated heterocycles. The van der Waals surface area contributed by atoms with Crippen LogP contribution in [0.5, 0.6) is 0 Å². The van der Waals surface area contributed by atoms with E-state index in [-0.39, 0.29) is 56.4 Å². The molecule has 3 aromatic carbocycles. The van der Waals surface area contributed by atoms with Gasteiger partial charge in [-0.3, -0.25) is 0 Å². The first-order valence-corrected chi connectivity index (χ1v) is 14.6. The Kier molecular flexibility index (Phi) is 12.9. The van der Waals surface area contributed by atoms with Gasteiger partial charge < -0.3 is 29.2 Å². The van der Waals surface area contributed by atoms with Crippen LogP contribution in [0.15, 0.2) is 140 Å². The number of halogens is 2. The molecule has 0 aromatic heterocycles. The summed E-state index contributed by atoms with van der Waals surface area (Å²) in [6, 6.07) is 32.6. The maximum atomic E-state index is 7.18. The van der Waals surface area contributed by atoms with E-state index in [4.69, 9.17) is 4.43 Å². The van der Waals surface area contributed by atoms with Crippen molar-refractivity contribution in [2.75, 3.05) is 6.61 Å². The summed E-state index contributed by atoms with van der Waals surface area (Å²) in [6.07, 6.45) is 20.3. The quantitative estimate of drug-likeness (QED) is 0.172. The Morgan fingerprint density at radius 1 is 0.605 bits per heavy atom. The Morgan fingerprint density at radius 3 is 1.29 bits per heavy atom. The van der Waals surface area contributed by atoms with Crippen LogP contribution in [0.1, 0.15) is 19.8 Å². The summed E-state index contributed by atoms with van der Waals surface area (Å²) in [4.78, 5) is 0. The second kappa shape index (κ2) is 15.2.